The largest absolute Gasteiger partial charge is 0.290 e. The van der Waals surface area contributed by atoms with E-state index in [1.54, 1.807) is 0 Å². The lowest BCUT2D eigenvalue weighted by Gasteiger charge is -2.01. The highest BCUT2D eigenvalue weighted by atomic mass is 35.5. The molecule has 1 aromatic carbocycles. The van der Waals surface area contributed by atoms with Gasteiger partial charge in [-0.1, -0.05) is 11.6 Å². The highest BCUT2D eigenvalue weighted by molar-refractivity contribution is 6.31. The van der Waals surface area contributed by atoms with E-state index >= 15 is 0 Å². The van der Waals surface area contributed by atoms with Crippen molar-refractivity contribution >= 4 is 17.4 Å². The molecule has 0 saturated heterocycles. The summed E-state index contributed by atoms with van der Waals surface area (Å²) in [5, 5.41) is 6.36. The van der Waals surface area contributed by atoms with Crippen molar-refractivity contribution in [3.8, 4) is 0 Å². The maximum absolute atomic E-state index is 12.9. The van der Waals surface area contributed by atoms with Crippen LogP contribution in [0.5, 0.6) is 0 Å². The van der Waals surface area contributed by atoms with Gasteiger partial charge in [0.2, 0.25) is 5.78 Å². The summed E-state index contributed by atoms with van der Waals surface area (Å²) >= 11 is 5.84. The molecule has 0 fully saturated rings. The van der Waals surface area contributed by atoms with Crippen LogP contribution in [0.1, 0.15) is 16.2 Å². The molecule has 0 radical (unpaired) electrons. The molecule has 0 spiro atoms. The minimum atomic E-state index is -0.426. The Bertz CT molecular complexity index is 513. The van der Waals surface area contributed by atoms with Gasteiger partial charge in [0.15, 0.2) is 5.82 Å². The molecule has 0 aliphatic rings. The molecule has 1 aromatic heterocycles. The van der Waals surface area contributed by atoms with Crippen molar-refractivity contribution in [3.63, 3.8) is 0 Å². The van der Waals surface area contributed by atoms with E-state index in [9.17, 15) is 9.18 Å². The van der Waals surface area contributed by atoms with Gasteiger partial charge in [0.25, 0.3) is 0 Å². The average Bonchev–Trinajstić information content (AvgIpc) is 2.76. The van der Waals surface area contributed by atoms with Gasteiger partial charge in [-0.15, -0.1) is 0 Å². The van der Waals surface area contributed by atoms with Crippen molar-refractivity contribution < 1.29 is 9.18 Å². The van der Waals surface area contributed by atoms with E-state index < -0.39 is 5.82 Å². The Morgan fingerprint density at radius 2 is 2.31 bits per heavy atom. The summed E-state index contributed by atoms with van der Waals surface area (Å²) in [5.41, 5.74) is 0.433. The molecule has 82 valence electrons. The standard InChI is InChI=1S/C10H7ClFN3O/c11-8-2-1-7(12)3-6(8)4-9(16)10-13-5-14-15-10/h1-3,5H,4H2,(H,13,14,15). The van der Waals surface area contributed by atoms with E-state index in [0.717, 1.165) is 0 Å². The van der Waals surface area contributed by atoms with E-state index in [4.69, 9.17) is 11.6 Å². The first-order valence-electron chi connectivity index (χ1n) is 4.49. The molecule has 0 aliphatic carbocycles. The van der Waals surface area contributed by atoms with Crippen LogP contribution in [0.25, 0.3) is 0 Å². The van der Waals surface area contributed by atoms with E-state index in [1.165, 1.54) is 24.5 Å². The SMILES string of the molecule is O=C(Cc1cc(F)ccc1Cl)c1ncn[nH]1. The number of carbonyl (C=O) groups is 1. The Labute approximate surface area is 95.5 Å². The molecule has 0 saturated carbocycles. The van der Waals surface area contributed by atoms with Crippen LogP contribution in [0, 0.1) is 5.82 Å². The van der Waals surface area contributed by atoms with Crippen LogP contribution in [-0.4, -0.2) is 21.0 Å². The molecule has 4 nitrogen and oxygen atoms in total. The number of ketones is 1. The Balaban J connectivity index is 2.21. The van der Waals surface area contributed by atoms with Gasteiger partial charge in [0.05, 0.1) is 0 Å². The van der Waals surface area contributed by atoms with Crippen molar-refractivity contribution in [3.05, 3.63) is 46.8 Å². The zero-order valence-electron chi connectivity index (χ0n) is 8.08. The summed E-state index contributed by atoms with van der Waals surface area (Å²) < 4.78 is 12.9. The lowest BCUT2D eigenvalue weighted by molar-refractivity contribution is 0.0983. The maximum Gasteiger partial charge on any atom is 0.203 e. The minimum absolute atomic E-state index is 0.00815. The van der Waals surface area contributed by atoms with Gasteiger partial charge in [-0.3, -0.25) is 9.89 Å². The summed E-state index contributed by atoms with van der Waals surface area (Å²) in [7, 11) is 0. The van der Waals surface area contributed by atoms with Crippen molar-refractivity contribution in [1.29, 1.82) is 0 Å². The number of H-pyrrole nitrogens is 1. The molecule has 0 aliphatic heterocycles. The van der Waals surface area contributed by atoms with Gasteiger partial charge in [-0.2, -0.15) is 5.10 Å². The minimum Gasteiger partial charge on any atom is -0.290 e. The molecular formula is C10H7ClFN3O. The Hall–Kier alpha value is -1.75. The summed E-state index contributed by atoms with van der Waals surface area (Å²) in [4.78, 5) is 15.3. The van der Waals surface area contributed by atoms with E-state index in [-0.39, 0.29) is 18.0 Å². The van der Waals surface area contributed by atoms with Crippen LogP contribution in [0.3, 0.4) is 0 Å². The van der Waals surface area contributed by atoms with Gasteiger partial charge >= 0.3 is 0 Å². The highest BCUT2D eigenvalue weighted by Crippen LogP contribution is 2.18. The Morgan fingerprint density at radius 3 is 3.00 bits per heavy atom. The third-order valence-electron chi connectivity index (χ3n) is 2.04. The number of carbonyl (C=O) groups excluding carboxylic acids is 1. The number of nitrogens with one attached hydrogen (secondary N) is 1. The fourth-order valence-corrected chi connectivity index (χ4v) is 1.46. The Morgan fingerprint density at radius 1 is 1.50 bits per heavy atom. The fourth-order valence-electron chi connectivity index (χ4n) is 1.28. The third kappa shape index (κ3) is 2.25. The third-order valence-corrected chi connectivity index (χ3v) is 2.41. The molecule has 16 heavy (non-hydrogen) atoms. The molecule has 6 heteroatoms. The molecular weight excluding hydrogens is 233 g/mol. The van der Waals surface area contributed by atoms with Gasteiger partial charge in [0.1, 0.15) is 12.1 Å². The molecule has 0 unspecified atom stereocenters. The number of halogens is 2. The normalized spacial score (nSPS) is 10.4. The predicted octanol–water partition coefficient (Wildman–Crippen LogP) is 2.02. The monoisotopic (exact) mass is 239 g/mol. The second-order valence-corrected chi connectivity index (χ2v) is 3.58. The number of Topliss-reactive ketones (excluding diaryl/α,β-unsaturated/α-hetero) is 1. The van der Waals surface area contributed by atoms with Gasteiger partial charge in [-0.05, 0) is 23.8 Å². The van der Waals surface area contributed by atoms with Crippen molar-refractivity contribution in [2.24, 2.45) is 0 Å². The van der Waals surface area contributed by atoms with E-state index in [1.807, 2.05) is 0 Å². The molecule has 1 heterocycles. The quantitative estimate of drug-likeness (QED) is 0.834. The van der Waals surface area contributed by atoms with E-state index in [2.05, 4.69) is 15.2 Å². The summed E-state index contributed by atoms with van der Waals surface area (Å²) in [6, 6.07) is 3.89. The molecule has 2 rings (SSSR count). The van der Waals surface area contributed by atoms with Crippen molar-refractivity contribution in [2.75, 3.05) is 0 Å². The van der Waals surface area contributed by atoms with Gasteiger partial charge < -0.3 is 0 Å². The summed E-state index contributed by atoms with van der Waals surface area (Å²) in [6.07, 6.45) is 1.23. The number of hydrogen-bond acceptors (Lipinski definition) is 3. The van der Waals surface area contributed by atoms with Crippen LogP contribution in [0.2, 0.25) is 5.02 Å². The molecule has 1 N–H and O–H groups in total. The van der Waals surface area contributed by atoms with Crippen LogP contribution in [0.15, 0.2) is 24.5 Å². The number of aromatic amines is 1. The number of hydrogen-bond donors (Lipinski definition) is 1. The zero-order valence-corrected chi connectivity index (χ0v) is 8.83. The first-order valence-corrected chi connectivity index (χ1v) is 4.87. The molecule has 0 atom stereocenters. The number of aromatic nitrogens is 3. The lowest BCUT2D eigenvalue weighted by atomic mass is 10.1. The lowest BCUT2D eigenvalue weighted by Crippen LogP contribution is -2.06. The first kappa shape index (κ1) is 10.8. The number of nitrogens with zero attached hydrogens (tertiary/aromatic N) is 2. The van der Waals surface area contributed by atoms with Crippen molar-refractivity contribution in [2.45, 2.75) is 6.42 Å². The van der Waals surface area contributed by atoms with Crippen LogP contribution >= 0.6 is 11.6 Å². The van der Waals surface area contributed by atoms with E-state index in [0.29, 0.717) is 10.6 Å². The molecule has 0 amide bonds. The second kappa shape index (κ2) is 4.40. The zero-order chi connectivity index (χ0) is 11.5. The van der Waals surface area contributed by atoms with Crippen LogP contribution in [-0.2, 0) is 6.42 Å². The van der Waals surface area contributed by atoms with Gasteiger partial charge in [-0.25, -0.2) is 9.37 Å². The number of benzene rings is 1. The highest BCUT2D eigenvalue weighted by Gasteiger charge is 2.12. The summed E-state index contributed by atoms with van der Waals surface area (Å²) in [5.74, 6) is -0.574. The molecule has 0 bridgehead atoms. The van der Waals surface area contributed by atoms with Gasteiger partial charge in [0, 0.05) is 11.4 Å². The number of rotatable bonds is 3. The van der Waals surface area contributed by atoms with Crippen molar-refractivity contribution in [1.82, 2.24) is 15.2 Å². The first-order chi connectivity index (χ1) is 7.66. The molecule has 2 aromatic rings. The Kier molecular flexibility index (Phi) is 2.96. The maximum atomic E-state index is 12.9. The summed E-state index contributed by atoms with van der Waals surface area (Å²) in [6.45, 7) is 0. The fraction of sp³-hybridized carbons (Fsp3) is 0.100. The van der Waals surface area contributed by atoms with Crippen LogP contribution < -0.4 is 0 Å². The smallest absolute Gasteiger partial charge is 0.203 e. The topological polar surface area (TPSA) is 58.6 Å². The predicted molar refractivity (Wildman–Crippen MR) is 55.8 cm³/mol. The second-order valence-electron chi connectivity index (χ2n) is 3.17. The van der Waals surface area contributed by atoms with Crippen LogP contribution in [0.4, 0.5) is 4.39 Å². The average molecular weight is 240 g/mol.